The van der Waals surface area contributed by atoms with Gasteiger partial charge >= 0.3 is 0 Å². The van der Waals surface area contributed by atoms with Crippen LogP contribution in [0.2, 0.25) is 0 Å². The first-order valence-electron chi connectivity index (χ1n) is 9.99. The Morgan fingerprint density at radius 1 is 1.11 bits per heavy atom. The molecule has 1 aliphatic rings. The zero-order valence-electron chi connectivity index (χ0n) is 17.0. The van der Waals surface area contributed by atoms with E-state index >= 15 is 0 Å². The highest BCUT2D eigenvalue weighted by Gasteiger charge is 2.18. The maximum atomic E-state index is 12.6. The van der Waals surface area contributed by atoms with E-state index in [2.05, 4.69) is 40.5 Å². The van der Waals surface area contributed by atoms with Crippen LogP contribution in [0.3, 0.4) is 0 Å². The largest absolute Gasteiger partial charge is 0.481 e. The van der Waals surface area contributed by atoms with Gasteiger partial charge in [-0.25, -0.2) is 0 Å². The third-order valence-electron chi connectivity index (χ3n) is 4.92. The van der Waals surface area contributed by atoms with E-state index in [0.717, 1.165) is 48.7 Å². The SMILES string of the molecule is CC[C@@H](Oc1cc(C)cc(C)c1)C(=O)NCc1ccc(N2CCOCC2)cc1. The summed E-state index contributed by atoms with van der Waals surface area (Å²) >= 11 is 0. The van der Waals surface area contributed by atoms with Gasteiger partial charge in [-0.2, -0.15) is 0 Å². The molecule has 0 radical (unpaired) electrons. The Morgan fingerprint density at radius 3 is 2.36 bits per heavy atom. The van der Waals surface area contributed by atoms with Crippen molar-refractivity contribution in [3.05, 3.63) is 59.2 Å². The molecule has 0 bridgehead atoms. The number of hydrogen-bond donors (Lipinski definition) is 1. The number of morpholine rings is 1. The van der Waals surface area contributed by atoms with Crippen LogP contribution in [0.15, 0.2) is 42.5 Å². The van der Waals surface area contributed by atoms with Crippen molar-refractivity contribution >= 4 is 11.6 Å². The Bertz CT molecular complexity index is 763. The first-order chi connectivity index (χ1) is 13.5. The number of nitrogens with one attached hydrogen (secondary N) is 1. The van der Waals surface area contributed by atoms with Crippen LogP contribution in [0, 0.1) is 13.8 Å². The fraction of sp³-hybridized carbons (Fsp3) is 0.435. The molecule has 1 amide bonds. The minimum atomic E-state index is -0.492. The zero-order chi connectivity index (χ0) is 19.9. The molecule has 1 aliphatic heterocycles. The molecule has 150 valence electrons. The number of rotatable bonds is 7. The van der Waals surface area contributed by atoms with Crippen LogP contribution in [0.5, 0.6) is 5.75 Å². The van der Waals surface area contributed by atoms with Gasteiger partial charge in [0.2, 0.25) is 0 Å². The summed E-state index contributed by atoms with van der Waals surface area (Å²) in [6.07, 6.45) is 0.128. The summed E-state index contributed by atoms with van der Waals surface area (Å²) in [4.78, 5) is 14.9. The van der Waals surface area contributed by atoms with E-state index in [9.17, 15) is 4.79 Å². The average Bonchev–Trinajstić information content (AvgIpc) is 2.70. The molecule has 28 heavy (non-hydrogen) atoms. The molecule has 1 heterocycles. The van der Waals surface area contributed by atoms with Crippen molar-refractivity contribution in [2.24, 2.45) is 0 Å². The van der Waals surface area contributed by atoms with Crippen molar-refractivity contribution in [2.45, 2.75) is 39.8 Å². The van der Waals surface area contributed by atoms with Gasteiger partial charge in [-0.15, -0.1) is 0 Å². The number of hydrogen-bond acceptors (Lipinski definition) is 4. The summed E-state index contributed by atoms with van der Waals surface area (Å²) in [5.74, 6) is 0.660. The van der Waals surface area contributed by atoms with Crippen molar-refractivity contribution in [1.82, 2.24) is 5.32 Å². The standard InChI is InChI=1S/C23H30N2O3/c1-4-22(28-21-14-17(2)13-18(3)15-21)23(26)24-16-19-5-7-20(8-6-19)25-9-11-27-12-10-25/h5-8,13-15,22H,4,9-12,16H2,1-3H3,(H,24,26)/t22-/m1/s1. The molecule has 0 unspecified atom stereocenters. The molecule has 1 N–H and O–H groups in total. The molecule has 0 aliphatic carbocycles. The molecule has 0 saturated carbocycles. The molecular weight excluding hydrogens is 352 g/mol. The molecule has 1 atom stereocenters. The van der Waals surface area contributed by atoms with Crippen LogP contribution < -0.4 is 15.0 Å². The van der Waals surface area contributed by atoms with E-state index in [-0.39, 0.29) is 5.91 Å². The van der Waals surface area contributed by atoms with E-state index in [1.165, 1.54) is 5.69 Å². The molecule has 1 fully saturated rings. The first-order valence-corrected chi connectivity index (χ1v) is 9.99. The number of anilines is 1. The lowest BCUT2D eigenvalue weighted by molar-refractivity contribution is -0.128. The Balaban J connectivity index is 1.54. The number of carbonyl (C=O) groups excluding carboxylic acids is 1. The average molecular weight is 383 g/mol. The van der Waals surface area contributed by atoms with Crippen LogP contribution >= 0.6 is 0 Å². The summed E-state index contributed by atoms with van der Waals surface area (Å²) in [5.41, 5.74) is 4.53. The Morgan fingerprint density at radius 2 is 1.75 bits per heavy atom. The van der Waals surface area contributed by atoms with Gasteiger partial charge in [-0.1, -0.05) is 25.1 Å². The number of amides is 1. The monoisotopic (exact) mass is 382 g/mol. The molecule has 1 saturated heterocycles. The predicted molar refractivity (Wildman–Crippen MR) is 112 cm³/mol. The van der Waals surface area contributed by atoms with Gasteiger partial charge in [-0.05, 0) is 61.2 Å². The predicted octanol–water partition coefficient (Wildman–Crippen LogP) is 3.61. The van der Waals surface area contributed by atoms with E-state index in [4.69, 9.17) is 9.47 Å². The Labute approximate surface area is 167 Å². The Hall–Kier alpha value is -2.53. The lowest BCUT2D eigenvalue weighted by atomic mass is 10.1. The normalized spacial score (nSPS) is 15.2. The van der Waals surface area contributed by atoms with Gasteiger partial charge in [0.05, 0.1) is 13.2 Å². The van der Waals surface area contributed by atoms with Crippen molar-refractivity contribution in [3.63, 3.8) is 0 Å². The maximum Gasteiger partial charge on any atom is 0.261 e. The van der Waals surface area contributed by atoms with E-state index in [1.54, 1.807) is 0 Å². The molecule has 0 spiro atoms. The lowest BCUT2D eigenvalue weighted by Gasteiger charge is -2.29. The number of aryl methyl sites for hydroxylation is 2. The second-order valence-corrected chi connectivity index (χ2v) is 7.32. The maximum absolute atomic E-state index is 12.6. The third kappa shape index (κ3) is 5.49. The summed E-state index contributed by atoms with van der Waals surface area (Å²) in [6, 6.07) is 14.4. The van der Waals surface area contributed by atoms with Crippen LogP contribution in [0.25, 0.3) is 0 Å². The number of benzene rings is 2. The van der Waals surface area contributed by atoms with Crippen LogP contribution in [0.4, 0.5) is 5.69 Å². The minimum Gasteiger partial charge on any atom is -0.481 e. The number of carbonyl (C=O) groups is 1. The third-order valence-corrected chi connectivity index (χ3v) is 4.92. The highest BCUT2D eigenvalue weighted by Crippen LogP contribution is 2.19. The van der Waals surface area contributed by atoms with Gasteiger partial charge in [-0.3, -0.25) is 4.79 Å². The summed E-state index contributed by atoms with van der Waals surface area (Å²) in [7, 11) is 0. The smallest absolute Gasteiger partial charge is 0.261 e. The fourth-order valence-electron chi connectivity index (χ4n) is 3.44. The van der Waals surface area contributed by atoms with Crippen LogP contribution in [0.1, 0.15) is 30.0 Å². The second kappa shape index (κ2) is 9.60. The van der Waals surface area contributed by atoms with Gasteiger partial charge in [0.1, 0.15) is 5.75 Å². The van der Waals surface area contributed by atoms with Gasteiger partial charge in [0, 0.05) is 25.3 Å². The van der Waals surface area contributed by atoms with Crippen molar-refractivity contribution in [1.29, 1.82) is 0 Å². The summed E-state index contributed by atoms with van der Waals surface area (Å²) in [6.45, 7) is 9.91. The topological polar surface area (TPSA) is 50.8 Å². The lowest BCUT2D eigenvalue weighted by Crippen LogP contribution is -2.37. The van der Waals surface area contributed by atoms with Crippen molar-refractivity contribution in [3.8, 4) is 5.75 Å². The van der Waals surface area contributed by atoms with E-state index in [0.29, 0.717) is 13.0 Å². The number of nitrogens with zero attached hydrogens (tertiary/aromatic N) is 1. The minimum absolute atomic E-state index is 0.0843. The molecule has 2 aromatic rings. The van der Waals surface area contributed by atoms with E-state index < -0.39 is 6.10 Å². The number of ether oxygens (including phenoxy) is 2. The Kier molecular flexibility index (Phi) is 6.93. The molecule has 5 nitrogen and oxygen atoms in total. The van der Waals surface area contributed by atoms with E-state index in [1.807, 2.05) is 32.9 Å². The molecule has 0 aromatic heterocycles. The highest BCUT2D eigenvalue weighted by atomic mass is 16.5. The second-order valence-electron chi connectivity index (χ2n) is 7.32. The van der Waals surface area contributed by atoms with Gasteiger partial charge < -0.3 is 19.7 Å². The van der Waals surface area contributed by atoms with Crippen molar-refractivity contribution < 1.29 is 14.3 Å². The summed E-state index contributed by atoms with van der Waals surface area (Å²) in [5, 5.41) is 3.00. The first kappa shape index (κ1) is 20.2. The summed E-state index contributed by atoms with van der Waals surface area (Å²) < 4.78 is 11.3. The van der Waals surface area contributed by atoms with Crippen LogP contribution in [-0.4, -0.2) is 38.3 Å². The quantitative estimate of drug-likeness (QED) is 0.795. The highest BCUT2D eigenvalue weighted by molar-refractivity contribution is 5.81. The zero-order valence-corrected chi connectivity index (χ0v) is 17.0. The van der Waals surface area contributed by atoms with Crippen LogP contribution in [-0.2, 0) is 16.1 Å². The fourth-order valence-corrected chi connectivity index (χ4v) is 3.44. The molecular formula is C23H30N2O3. The van der Waals surface area contributed by atoms with Crippen molar-refractivity contribution in [2.75, 3.05) is 31.2 Å². The molecule has 3 rings (SSSR count). The van der Waals surface area contributed by atoms with Gasteiger partial charge in [0.25, 0.3) is 5.91 Å². The molecule has 2 aromatic carbocycles. The van der Waals surface area contributed by atoms with Gasteiger partial charge in [0.15, 0.2) is 6.10 Å². The molecule has 5 heteroatoms.